The van der Waals surface area contributed by atoms with E-state index in [1.54, 1.807) is 11.3 Å². The molecule has 0 unspecified atom stereocenters. The molecule has 0 saturated heterocycles. The highest BCUT2D eigenvalue weighted by molar-refractivity contribution is 14.1. The molecule has 4 rings (SSSR count). The van der Waals surface area contributed by atoms with Gasteiger partial charge >= 0.3 is 0 Å². The van der Waals surface area contributed by atoms with Crippen molar-refractivity contribution in [2.24, 2.45) is 0 Å². The molecule has 0 amide bonds. The first-order chi connectivity index (χ1) is 11.3. The van der Waals surface area contributed by atoms with Gasteiger partial charge in [-0.3, -0.25) is 0 Å². The second kappa shape index (κ2) is 6.25. The summed E-state index contributed by atoms with van der Waals surface area (Å²) >= 11 is 3.96. The minimum atomic E-state index is 0.756. The Morgan fingerprint density at radius 2 is 1.83 bits per heavy atom. The van der Waals surface area contributed by atoms with Crippen LogP contribution in [0.5, 0.6) is 0 Å². The molecular weight excluding hydrogens is 417 g/mol. The number of benzene rings is 2. The van der Waals surface area contributed by atoms with Crippen molar-refractivity contribution in [3.63, 3.8) is 0 Å². The lowest BCUT2D eigenvalue weighted by molar-refractivity contribution is 1.23. The van der Waals surface area contributed by atoms with Crippen LogP contribution in [0.3, 0.4) is 0 Å². The van der Waals surface area contributed by atoms with Gasteiger partial charge in [0, 0.05) is 14.6 Å². The standard InChI is InChI=1S/C18H12IN3S/c19-12-5-3-6-13(11-12)20-17-14-7-1-2-8-15(14)21-18(22-17)16-9-4-10-23-16/h1-11H,(H,20,21,22). The molecule has 3 nitrogen and oxygen atoms in total. The second-order valence-corrected chi connectivity index (χ2v) is 7.22. The maximum absolute atomic E-state index is 4.75. The Balaban J connectivity index is 1.86. The van der Waals surface area contributed by atoms with Crippen LogP contribution >= 0.6 is 33.9 Å². The molecule has 2 aromatic heterocycles. The van der Waals surface area contributed by atoms with Gasteiger partial charge in [-0.15, -0.1) is 11.3 Å². The van der Waals surface area contributed by atoms with Crippen molar-refractivity contribution < 1.29 is 0 Å². The van der Waals surface area contributed by atoms with Crippen molar-refractivity contribution in [1.82, 2.24) is 9.97 Å². The summed E-state index contributed by atoms with van der Waals surface area (Å²) in [5.74, 6) is 1.59. The van der Waals surface area contributed by atoms with E-state index in [-0.39, 0.29) is 0 Å². The van der Waals surface area contributed by atoms with Crippen LogP contribution in [0.2, 0.25) is 0 Å². The smallest absolute Gasteiger partial charge is 0.172 e. The fourth-order valence-electron chi connectivity index (χ4n) is 2.39. The molecule has 4 aromatic rings. The summed E-state index contributed by atoms with van der Waals surface area (Å²) in [7, 11) is 0. The molecule has 0 aliphatic rings. The molecular formula is C18H12IN3S. The number of nitrogens with zero attached hydrogens (tertiary/aromatic N) is 2. The van der Waals surface area contributed by atoms with Gasteiger partial charge in [0.15, 0.2) is 5.82 Å². The zero-order valence-electron chi connectivity index (χ0n) is 12.0. The Morgan fingerprint density at radius 1 is 0.913 bits per heavy atom. The predicted octanol–water partition coefficient (Wildman–Crippen LogP) is 5.71. The normalized spacial score (nSPS) is 10.8. The molecule has 5 heteroatoms. The average molecular weight is 429 g/mol. The van der Waals surface area contributed by atoms with Crippen molar-refractivity contribution >= 4 is 56.3 Å². The number of anilines is 2. The van der Waals surface area contributed by atoms with E-state index in [2.05, 4.69) is 40.0 Å². The maximum Gasteiger partial charge on any atom is 0.172 e. The first kappa shape index (κ1) is 14.6. The van der Waals surface area contributed by atoms with E-state index in [4.69, 9.17) is 9.97 Å². The lowest BCUT2D eigenvalue weighted by Crippen LogP contribution is -1.98. The van der Waals surface area contributed by atoms with Gasteiger partial charge in [-0.2, -0.15) is 0 Å². The molecule has 2 heterocycles. The number of halogens is 1. The van der Waals surface area contributed by atoms with Crippen molar-refractivity contribution in [3.05, 3.63) is 69.6 Å². The lowest BCUT2D eigenvalue weighted by atomic mass is 10.2. The molecule has 0 atom stereocenters. The molecule has 0 radical (unpaired) electrons. The number of aromatic nitrogens is 2. The zero-order chi connectivity index (χ0) is 15.6. The summed E-state index contributed by atoms with van der Waals surface area (Å²) in [5, 5.41) is 6.50. The van der Waals surface area contributed by atoms with Gasteiger partial charge in [-0.05, 0) is 64.4 Å². The largest absolute Gasteiger partial charge is 0.340 e. The lowest BCUT2D eigenvalue weighted by Gasteiger charge is -2.10. The van der Waals surface area contributed by atoms with Crippen LogP contribution in [0, 0.1) is 3.57 Å². The SMILES string of the molecule is Ic1cccc(Nc2nc(-c3cccs3)nc3ccccc23)c1. The first-order valence-electron chi connectivity index (χ1n) is 7.13. The third kappa shape index (κ3) is 3.07. The summed E-state index contributed by atoms with van der Waals surface area (Å²) in [6.07, 6.45) is 0. The van der Waals surface area contributed by atoms with E-state index in [1.807, 2.05) is 53.9 Å². The topological polar surface area (TPSA) is 37.8 Å². The second-order valence-electron chi connectivity index (χ2n) is 5.03. The van der Waals surface area contributed by atoms with Crippen molar-refractivity contribution in [3.8, 4) is 10.7 Å². The quantitative estimate of drug-likeness (QED) is 0.424. The highest BCUT2D eigenvalue weighted by Gasteiger charge is 2.10. The Kier molecular flexibility index (Phi) is 3.97. The number of rotatable bonds is 3. The molecule has 0 aliphatic heterocycles. The summed E-state index contributed by atoms with van der Waals surface area (Å²) in [6.45, 7) is 0. The van der Waals surface area contributed by atoms with Crippen LogP contribution in [-0.2, 0) is 0 Å². The fraction of sp³-hybridized carbons (Fsp3) is 0. The van der Waals surface area contributed by atoms with Gasteiger partial charge in [-0.25, -0.2) is 9.97 Å². The van der Waals surface area contributed by atoms with Gasteiger partial charge in [-0.1, -0.05) is 24.3 Å². The Labute approximate surface area is 151 Å². The van der Waals surface area contributed by atoms with Crippen LogP contribution in [0.25, 0.3) is 21.6 Å². The van der Waals surface area contributed by atoms with E-state index in [0.29, 0.717) is 0 Å². The van der Waals surface area contributed by atoms with Crippen LogP contribution in [0.4, 0.5) is 11.5 Å². The zero-order valence-corrected chi connectivity index (χ0v) is 15.0. The molecule has 0 spiro atoms. The van der Waals surface area contributed by atoms with Gasteiger partial charge < -0.3 is 5.32 Å². The number of hydrogen-bond donors (Lipinski definition) is 1. The summed E-state index contributed by atoms with van der Waals surface area (Å²) in [6, 6.07) is 20.4. The van der Waals surface area contributed by atoms with Crippen molar-refractivity contribution in [1.29, 1.82) is 0 Å². The molecule has 0 bridgehead atoms. The Morgan fingerprint density at radius 3 is 2.65 bits per heavy atom. The van der Waals surface area contributed by atoms with E-state index < -0.39 is 0 Å². The molecule has 2 aromatic carbocycles. The fourth-order valence-corrected chi connectivity index (χ4v) is 3.59. The number of hydrogen-bond acceptors (Lipinski definition) is 4. The van der Waals surface area contributed by atoms with Crippen molar-refractivity contribution in [2.45, 2.75) is 0 Å². The Hall–Kier alpha value is -1.99. The van der Waals surface area contributed by atoms with E-state index in [0.717, 1.165) is 33.1 Å². The molecule has 1 N–H and O–H groups in total. The summed E-state index contributed by atoms with van der Waals surface area (Å²) < 4.78 is 1.18. The number of nitrogens with one attached hydrogen (secondary N) is 1. The minimum Gasteiger partial charge on any atom is -0.340 e. The highest BCUT2D eigenvalue weighted by Crippen LogP contribution is 2.29. The number of fused-ring (bicyclic) bond motifs is 1. The van der Waals surface area contributed by atoms with Gasteiger partial charge in [0.2, 0.25) is 0 Å². The minimum absolute atomic E-state index is 0.756. The first-order valence-corrected chi connectivity index (χ1v) is 9.09. The van der Waals surface area contributed by atoms with E-state index in [1.165, 1.54) is 3.57 Å². The van der Waals surface area contributed by atoms with E-state index in [9.17, 15) is 0 Å². The predicted molar refractivity (Wildman–Crippen MR) is 105 cm³/mol. The highest BCUT2D eigenvalue weighted by atomic mass is 127. The van der Waals surface area contributed by atoms with Crippen LogP contribution in [-0.4, -0.2) is 9.97 Å². The molecule has 0 aliphatic carbocycles. The van der Waals surface area contributed by atoms with Gasteiger partial charge in [0.25, 0.3) is 0 Å². The van der Waals surface area contributed by atoms with Gasteiger partial charge in [0.05, 0.1) is 10.4 Å². The van der Waals surface area contributed by atoms with E-state index >= 15 is 0 Å². The van der Waals surface area contributed by atoms with Crippen LogP contribution < -0.4 is 5.32 Å². The van der Waals surface area contributed by atoms with Crippen molar-refractivity contribution in [2.75, 3.05) is 5.32 Å². The molecule has 0 saturated carbocycles. The van der Waals surface area contributed by atoms with Gasteiger partial charge in [0.1, 0.15) is 5.82 Å². The maximum atomic E-state index is 4.75. The third-order valence-corrected chi connectivity index (χ3v) is 4.97. The molecule has 112 valence electrons. The number of thiophene rings is 1. The van der Waals surface area contributed by atoms with Crippen LogP contribution in [0.1, 0.15) is 0 Å². The molecule has 0 fully saturated rings. The summed E-state index contributed by atoms with van der Waals surface area (Å²) in [5.41, 5.74) is 1.97. The third-order valence-electron chi connectivity index (χ3n) is 3.43. The van der Waals surface area contributed by atoms with Crippen LogP contribution in [0.15, 0.2) is 66.0 Å². The number of para-hydroxylation sites is 1. The average Bonchev–Trinajstić information content (AvgIpc) is 3.09. The molecule has 23 heavy (non-hydrogen) atoms. The monoisotopic (exact) mass is 429 g/mol. The summed E-state index contributed by atoms with van der Waals surface area (Å²) in [4.78, 5) is 10.5. The Bertz CT molecular complexity index is 967.